The Balaban J connectivity index is 1.87. The first-order valence-corrected chi connectivity index (χ1v) is 5.16. The third-order valence-electron chi connectivity index (χ3n) is 3.27. The summed E-state index contributed by atoms with van der Waals surface area (Å²) in [7, 11) is 0. The lowest BCUT2D eigenvalue weighted by Crippen LogP contribution is -2.33. The van der Waals surface area contributed by atoms with Crippen molar-refractivity contribution in [2.75, 3.05) is 6.54 Å². The van der Waals surface area contributed by atoms with Gasteiger partial charge >= 0.3 is 0 Å². The van der Waals surface area contributed by atoms with Crippen LogP contribution in [0.4, 0.5) is 0 Å². The topological polar surface area (TPSA) is 83.6 Å². The quantitative estimate of drug-likeness (QED) is 0.750. The highest BCUT2D eigenvalue weighted by molar-refractivity contribution is 5.90. The SMILES string of the molecule is CC(C)C1(CNC(=O)c2nn[nH]n2)CC1. The molecule has 1 aliphatic carbocycles. The van der Waals surface area contributed by atoms with E-state index >= 15 is 0 Å². The number of rotatable bonds is 4. The van der Waals surface area contributed by atoms with E-state index in [1.54, 1.807) is 0 Å². The molecular formula is C9H15N5O. The number of carbonyl (C=O) groups is 1. The molecule has 0 spiro atoms. The molecule has 2 rings (SSSR count). The Morgan fingerprint density at radius 2 is 2.33 bits per heavy atom. The second kappa shape index (κ2) is 3.60. The van der Waals surface area contributed by atoms with E-state index in [2.05, 4.69) is 39.8 Å². The zero-order chi connectivity index (χ0) is 10.9. The van der Waals surface area contributed by atoms with E-state index in [1.165, 1.54) is 12.8 Å². The van der Waals surface area contributed by atoms with Gasteiger partial charge in [-0.05, 0) is 29.4 Å². The molecule has 1 aromatic heterocycles. The highest BCUT2D eigenvalue weighted by Crippen LogP contribution is 2.51. The van der Waals surface area contributed by atoms with Gasteiger partial charge in [0.15, 0.2) is 0 Å². The summed E-state index contributed by atoms with van der Waals surface area (Å²) in [5, 5.41) is 15.7. The van der Waals surface area contributed by atoms with E-state index in [-0.39, 0.29) is 11.7 Å². The van der Waals surface area contributed by atoms with E-state index in [0.717, 1.165) is 0 Å². The zero-order valence-corrected chi connectivity index (χ0v) is 8.95. The van der Waals surface area contributed by atoms with Crippen molar-refractivity contribution in [3.8, 4) is 0 Å². The van der Waals surface area contributed by atoms with Crippen LogP contribution in [0.3, 0.4) is 0 Å². The minimum atomic E-state index is -0.254. The van der Waals surface area contributed by atoms with Crippen molar-refractivity contribution in [3.63, 3.8) is 0 Å². The van der Waals surface area contributed by atoms with Crippen LogP contribution in [0.1, 0.15) is 37.3 Å². The lowest BCUT2D eigenvalue weighted by Gasteiger charge is -2.19. The fraction of sp³-hybridized carbons (Fsp3) is 0.778. The number of nitrogens with zero attached hydrogens (tertiary/aromatic N) is 3. The summed E-state index contributed by atoms with van der Waals surface area (Å²) in [6.07, 6.45) is 2.38. The summed E-state index contributed by atoms with van der Waals surface area (Å²) in [5.41, 5.74) is 0.305. The molecule has 0 atom stereocenters. The van der Waals surface area contributed by atoms with Crippen LogP contribution in [-0.2, 0) is 0 Å². The molecule has 0 saturated heterocycles. The van der Waals surface area contributed by atoms with Gasteiger partial charge in [-0.25, -0.2) is 0 Å². The Kier molecular flexibility index (Phi) is 2.42. The highest BCUT2D eigenvalue weighted by Gasteiger charge is 2.45. The number of hydrogen-bond acceptors (Lipinski definition) is 4. The van der Waals surface area contributed by atoms with Crippen LogP contribution in [0.5, 0.6) is 0 Å². The molecule has 6 heteroatoms. The first-order valence-electron chi connectivity index (χ1n) is 5.16. The van der Waals surface area contributed by atoms with Gasteiger partial charge in [0.25, 0.3) is 11.7 Å². The molecule has 0 aromatic carbocycles. The van der Waals surface area contributed by atoms with Gasteiger partial charge in [0, 0.05) is 6.54 Å². The molecule has 15 heavy (non-hydrogen) atoms. The van der Waals surface area contributed by atoms with Crippen molar-refractivity contribution < 1.29 is 4.79 Å². The number of aromatic amines is 1. The number of hydrogen-bond donors (Lipinski definition) is 2. The Hall–Kier alpha value is -1.46. The van der Waals surface area contributed by atoms with Crippen LogP contribution in [0, 0.1) is 11.3 Å². The van der Waals surface area contributed by atoms with Gasteiger partial charge in [-0.2, -0.15) is 5.21 Å². The monoisotopic (exact) mass is 209 g/mol. The van der Waals surface area contributed by atoms with Gasteiger partial charge in [-0.15, -0.1) is 10.2 Å². The van der Waals surface area contributed by atoms with E-state index in [4.69, 9.17) is 0 Å². The number of nitrogens with one attached hydrogen (secondary N) is 2. The van der Waals surface area contributed by atoms with Crippen LogP contribution in [0.2, 0.25) is 0 Å². The van der Waals surface area contributed by atoms with Crippen molar-refractivity contribution in [1.82, 2.24) is 25.9 Å². The molecule has 0 bridgehead atoms. The van der Waals surface area contributed by atoms with Crippen LogP contribution in [0.25, 0.3) is 0 Å². The summed E-state index contributed by atoms with van der Waals surface area (Å²) in [5.74, 6) is 0.452. The maximum absolute atomic E-state index is 11.5. The molecule has 0 aliphatic heterocycles. The molecule has 1 fully saturated rings. The Bertz CT molecular complexity index is 341. The predicted octanol–water partition coefficient (Wildman–Crippen LogP) is 0.366. The average molecular weight is 209 g/mol. The van der Waals surface area contributed by atoms with Gasteiger partial charge in [-0.3, -0.25) is 4.79 Å². The fourth-order valence-electron chi connectivity index (χ4n) is 1.71. The van der Waals surface area contributed by atoms with Gasteiger partial charge in [-0.1, -0.05) is 13.8 Å². The van der Waals surface area contributed by atoms with Gasteiger partial charge in [0.2, 0.25) is 0 Å². The Morgan fingerprint density at radius 3 is 2.80 bits per heavy atom. The summed E-state index contributed by atoms with van der Waals surface area (Å²) < 4.78 is 0. The minimum Gasteiger partial charge on any atom is -0.349 e. The second-order valence-corrected chi connectivity index (χ2v) is 4.44. The third kappa shape index (κ3) is 1.98. The van der Waals surface area contributed by atoms with Crippen molar-refractivity contribution >= 4 is 5.91 Å². The highest BCUT2D eigenvalue weighted by atomic mass is 16.2. The molecule has 1 heterocycles. The van der Waals surface area contributed by atoms with E-state index in [1.807, 2.05) is 0 Å². The Morgan fingerprint density at radius 1 is 1.60 bits per heavy atom. The third-order valence-corrected chi connectivity index (χ3v) is 3.27. The van der Waals surface area contributed by atoms with Crippen LogP contribution in [-0.4, -0.2) is 33.1 Å². The maximum atomic E-state index is 11.5. The summed E-state index contributed by atoms with van der Waals surface area (Å²) in [4.78, 5) is 11.5. The van der Waals surface area contributed by atoms with Crippen molar-refractivity contribution in [1.29, 1.82) is 0 Å². The first-order chi connectivity index (χ1) is 7.14. The molecule has 6 nitrogen and oxygen atoms in total. The van der Waals surface area contributed by atoms with E-state index < -0.39 is 0 Å². The summed E-state index contributed by atoms with van der Waals surface area (Å²) >= 11 is 0. The molecule has 0 unspecified atom stereocenters. The number of amides is 1. The zero-order valence-electron chi connectivity index (χ0n) is 8.95. The normalized spacial score (nSPS) is 17.8. The van der Waals surface area contributed by atoms with E-state index in [0.29, 0.717) is 17.9 Å². The Labute approximate surface area is 87.8 Å². The summed E-state index contributed by atoms with van der Waals surface area (Å²) in [6.45, 7) is 5.08. The van der Waals surface area contributed by atoms with Crippen LogP contribution >= 0.6 is 0 Å². The summed E-state index contributed by atoms with van der Waals surface area (Å²) in [6, 6.07) is 0. The van der Waals surface area contributed by atoms with Crippen molar-refractivity contribution in [3.05, 3.63) is 5.82 Å². The smallest absolute Gasteiger partial charge is 0.292 e. The molecule has 1 aromatic rings. The van der Waals surface area contributed by atoms with Crippen molar-refractivity contribution in [2.24, 2.45) is 11.3 Å². The van der Waals surface area contributed by atoms with Gasteiger partial charge in [0.05, 0.1) is 0 Å². The first kappa shape index (κ1) is 10.1. The van der Waals surface area contributed by atoms with Gasteiger partial charge < -0.3 is 5.32 Å². The molecule has 0 radical (unpaired) electrons. The molecular weight excluding hydrogens is 194 g/mol. The molecule has 1 saturated carbocycles. The number of aromatic nitrogens is 4. The van der Waals surface area contributed by atoms with Crippen molar-refractivity contribution in [2.45, 2.75) is 26.7 Å². The number of H-pyrrole nitrogens is 1. The molecule has 1 aliphatic rings. The maximum Gasteiger partial charge on any atom is 0.292 e. The average Bonchev–Trinajstić information content (AvgIpc) is 2.80. The minimum absolute atomic E-state index is 0.106. The largest absolute Gasteiger partial charge is 0.349 e. The molecule has 2 N–H and O–H groups in total. The lowest BCUT2D eigenvalue weighted by atomic mass is 9.92. The standard InChI is InChI=1S/C9H15N5O/c1-6(2)9(3-4-9)5-10-8(15)7-11-13-14-12-7/h6H,3-5H2,1-2H3,(H,10,15)(H,11,12,13,14). The molecule has 1 amide bonds. The van der Waals surface area contributed by atoms with Crippen LogP contribution < -0.4 is 5.32 Å². The predicted molar refractivity (Wildman–Crippen MR) is 53.0 cm³/mol. The lowest BCUT2D eigenvalue weighted by molar-refractivity contribution is 0.0929. The van der Waals surface area contributed by atoms with Crippen LogP contribution in [0.15, 0.2) is 0 Å². The number of carbonyl (C=O) groups excluding carboxylic acids is 1. The number of tetrazole rings is 1. The van der Waals surface area contributed by atoms with Gasteiger partial charge in [0.1, 0.15) is 0 Å². The fourth-order valence-corrected chi connectivity index (χ4v) is 1.71. The molecule has 82 valence electrons. The second-order valence-electron chi connectivity index (χ2n) is 4.44. The van der Waals surface area contributed by atoms with E-state index in [9.17, 15) is 4.79 Å².